The molecule has 4 N–H and O–H groups in total. The van der Waals surface area contributed by atoms with Gasteiger partial charge in [0, 0.05) is 6.20 Å². The molecule has 0 aliphatic heterocycles. The number of nitrogen functional groups attached to an aromatic ring is 2. The van der Waals surface area contributed by atoms with Crippen LogP contribution < -0.4 is 11.5 Å². The van der Waals surface area contributed by atoms with Gasteiger partial charge in [-0.15, -0.1) is 0 Å². The van der Waals surface area contributed by atoms with E-state index in [2.05, 4.69) is 22.8 Å². The number of anilines is 2. The molecule has 1 aromatic heterocycles. The lowest BCUT2D eigenvalue weighted by Crippen LogP contribution is -2.01. The number of nitrogens with two attached hydrogens (primary N) is 2. The Balaban J connectivity index is 2.31. The molecule has 0 unspecified atom stereocenters. The van der Waals surface area contributed by atoms with Crippen molar-refractivity contribution in [2.24, 2.45) is 0 Å². The Bertz CT molecular complexity index is 683. The van der Waals surface area contributed by atoms with E-state index in [0.717, 1.165) is 11.2 Å². The van der Waals surface area contributed by atoms with Gasteiger partial charge in [-0.3, -0.25) is 0 Å². The molecule has 3 aromatic rings. The summed E-state index contributed by atoms with van der Waals surface area (Å²) < 4.78 is 2.06. The lowest BCUT2D eigenvalue weighted by molar-refractivity contribution is 1.13. The van der Waals surface area contributed by atoms with Gasteiger partial charge >= 0.3 is 0 Å². The second-order valence-electron chi connectivity index (χ2n) is 4.02. The fourth-order valence-corrected chi connectivity index (χ4v) is 2.07. The van der Waals surface area contributed by atoms with Crippen LogP contribution >= 0.6 is 0 Å². The van der Waals surface area contributed by atoms with Gasteiger partial charge in [-0.05, 0) is 29.7 Å². The smallest absolute Gasteiger partial charge is 0.0792 e. The molecule has 0 aliphatic rings. The van der Waals surface area contributed by atoms with Gasteiger partial charge in [-0.2, -0.15) is 0 Å². The highest BCUT2D eigenvalue weighted by Gasteiger charge is 2.07. The van der Waals surface area contributed by atoms with Crippen LogP contribution in [0, 0.1) is 0 Å². The second-order valence-corrected chi connectivity index (χ2v) is 4.02. The second kappa shape index (κ2) is 3.56. The van der Waals surface area contributed by atoms with Crippen molar-refractivity contribution in [3.05, 3.63) is 54.7 Å². The monoisotopic (exact) mass is 223 g/mol. The van der Waals surface area contributed by atoms with Gasteiger partial charge in [-0.1, -0.05) is 24.3 Å². The first kappa shape index (κ1) is 9.78. The molecular weight excluding hydrogens is 210 g/mol. The minimum absolute atomic E-state index is 0.611. The van der Waals surface area contributed by atoms with E-state index in [4.69, 9.17) is 11.5 Å². The first-order valence-electron chi connectivity index (χ1n) is 5.48. The highest BCUT2D eigenvalue weighted by atomic mass is 15.0. The third-order valence-electron chi connectivity index (χ3n) is 2.98. The van der Waals surface area contributed by atoms with Crippen molar-refractivity contribution in [2.75, 3.05) is 11.5 Å². The lowest BCUT2D eigenvalue weighted by atomic mass is 10.2. The maximum atomic E-state index is 6.02. The molecule has 0 aliphatic carbocycles. The Morgan fingerprint density at radius 3 is 2.53 bits per heavy atom. The molecule has 0 fully saturated rings. The molecule has 17 heavy (non-hydrogen) atoms. The highest BCUT2D eigenvalue weighted by molar-refractivity contribution is 5.84. The molecule has 3 rings (SSSR count). The molecule has 1 heterocycles. The third-order valence-corrected chi connectivity index (χ3v) is 2.98. The maximum absolute atomic E-state index is 6.02. The molecule has 0 bridgehead atoms. The number of hydrogen-bond acceptors (Lipinski definition) is 2. The van der Waals surface area contributed by atoms with Crippen molar-refractivity contribution in [3.8, 4) is 5.69 Å². The first-order chi connectivity index (χ1) is 8.27. The standard InChI is InChI=1S/C14H13N3/c15-11-5-3-7-13(14(11)16)17-9-8-10-4-1-2-6-12(10)17/h1-9H,15-16H2. The highest BCUT2D eigenvalue weighted by Crippen LogP contribution is 2.27. The molecule has 3 nitrogen and oxygen atoms in total. The van der Waals surface area contributed by atoms with Crippen LogP contribution in [0.4, 0.5) is 11.4 Å². The number of fused-ring (bicyclic) bond motifs is 1. The summed E-state index contributed by atoms with van der Waals surface area (Å²) in [5.74, 6) is 0. The average Bonchev–Trinajstić information content (AvgIpc) is 2.77. The van der Waals surface area contributed by atoms with E-state index in [9.17, 15) is 0 Å². The summed E-state index contributed by atoms with van der Waals surface area (Å²) in [5, 5.41) is 1.19. The SMILES string of the molecule is Nc1cccc(-n2ccc3ccccc32)c1N. The molecular formula is C14H13N3. The quantitative estimate of drug-likeness (QED) is 0.623. The molecule has 84 valence electrons. The van der Waals surface area contributed by atoms with Gasteiger partial charge in [0.05, 0.1) is 22.6 Å². The Kier molecular flexibility index (Phi) is 2.05. The van der Waals surface area contributed by atoms with E-state index in [1.807, 2.05) is 36.5 Å². The summed E-state index contributed by atoms with van der Waals surface area (Å²) in [6.45, 7) is 0. The van der Waals surface area contributed by atoms with Crippen LogP contribution in [0.2, 0.25) is 0 Å². The van der Waals surface area contributed by atoms with Gasteiger partial charge in [0.25, 0.3) is 0 Å². The van der Waals surface area contributed by atoms with Crippen LogP contribution in [-0.4, -0.2) is 4.57 Å². The van der Waals surface area contributed by atoms with E-state index >= 15 is 0 Å². The van der Waals surface area contributed by atoms with Crippen LogP contribution in [0.3, 0.4) is 0 Å². The Morgan fingerprint density at radius 2 is 1.65 bits per heavy atom. The molecule has 0 spiro atoms. The van der Waals surface area contributed by atoms with E-state index in [0.29, 0.717) is 11.4 Å². The largest absolute Gasteiger partial charge is 0.397 e. The Labute approximate surface area is 99.3 Å². The Hall–Kier alpha value is -2.42. The number of hydrogen-bond donors (Lipinski definition) is 2. The van der Waals surface area contributed by atoms with Crippen LogP contribution in [0.15, 0.2) is 54.7 Å². The predicted octanol–water partition coefficient (Wildman–Crippen LogP) is 2.79. The topological polar surface area (TPSA) is 57.0 Å². The minimum Gasteiger partial charge on any atom is -0.397 e. The lowest BCUT2D eigenvalue weighted by Gasteiger charge is -2.10. The predicted molar refractivity (Wildman–Crippen MR) is 72.1 cm³/mol. The summed E-state index contributed by atoms with van der Waals surface area (Å²) in [6.07, 6.45) is 2.01. The van der Waals surface area contributed by atoms with E-state index in [1.165, 1.54) is 5.39 Å². The average molecular weight is 223 g/mol. The van der Waals surface area contributed by atoms with Gasteiger partial charge < -0.3 is 16.0 Å². The van der Waals surface area contributed by atoms with Crippen LogP contribution in [0.25, 0.3) is 16.6 Å². The fraction of sp³-hybridized carbons (Fsp3) is 0. The first-order valence-corrected chi connectivity index (χ1v) is 5.48. The number of nitrogens with zero attached hydrogens (tertiary/aromatic N) is 1. The summed E-state index contributed by atoms with van der Waals surface area (Å²) in [6, 6.07) is 15.9. The normalized spacial score (nSPS) is 10.8. The van der Waals surface area contributed by atoms with Crippen molar-refractivity contribution in [3.63, 3.8) is 0 Å². The van der Waals surface area contributed by atoms with Gasteiger partial charge in [0.15, 0.2) is 0 Å². The summed E-state index contributed by atoms with van der Waals surface area (Å²) in [5.41, 5.74) is 15.1. The number of benzene rings is 2. The summed E-state index contributed by atoms with van der Waals surface area (Å²) in [7, 11) is 0. The van der Waals surface area contributed by atoms with Crippen LogP contribution in [-0.2, 0) is 0 Å². The fourth-order valence-electron chi connectivity index (χ4n) is 2.07. The molecule has 0 amide bonds. The molecule has 0 saturated carbocycles. The third kappa shape index (κ3) is 1.44. The molecule has 0 radical (unpaired) electrons. The van der Waals surface area contributed by atoms with Crippen molar-refractivity contribution < 1.29 is 0 Å². The molecule has 2 aromatic carbocycles. The number of aromatic nitrogens is 1. The number of rotatable bonds is 1. The Morgan fingerprint density at radius 1 is 0.824 bits per heavy atom. The van der Waals surface area contributed by atoms with Crippen molar-refractivity contribution in [1.29, 1.82) is 0 Å². The summed E-state index contributed by atoms with van der Waals surface area (Å²) >= 11 is 0. The molecule has 3 heteroatoms. The van der Waals surface area contributed by atoms with E-state index in [-0.39, 0.29) is 0 Å². The van der Waals surface area contributed by atoms with E-state index in [1.54, 1.807) is 0 Å². The van der Waals surface area contributed by atoms with Gasteiger partial charge in [0.1, 0.15) is 0 Å². The molecule has 0 atom stereocenters. The zero-order valence-electron chi connectivity index (χ0n) is 9.30. The van der Waals surface area contributed by atoms with Gasteiger partial charge in [-0.25, -0.2) is 0 Å². The van der Waals surface area contributed by atoms with Crippen molar-refractivity contribution in [1.82, 2.24) is 4.57 Å². The number of para-hydroxylation sites is 2. The zero-order chi connectivity index (χ0) is 11.8. The van der Waals surface area contributed by atoms with Crippen LogP contribution in [0.5, 0.6) is 0 Å². The van der Waals surface area contributed by atoms with Crippen molar-refractivity contribution in [2.45, 2.75) is 0 Å². The summed E-state index contributed by atoms with van der Waals surface area (Å²) in [4.78, 5) is 0. The minimum atomic E-state index is 0.611. The van der Waals surface area contributed by atoms with Crippen molar-refractivity contribution >= 4 is 22.3 Å². The molecule has 0 saturated heterocycles. The van der Waals surface area contributed by atoms with Crippen LogP contribution in [0.1, 0.15) is 0 Å². The maximum Gasteiger partial charge on any atom is 0.0792 e. The van der Waals surface area contributed by atoms with E-state index < -0.39 is 0 Å². The zero-order valence-corrected chi connectivity index (χ0v) is 9.30. The van der Waals surface area contributed by atoms with Gasteiger partial charge in [0.2, 0.25) is 0 Å².